The molecule has 0 bridgehead atoms. The number of hydrogen-bond acceptors (Lipinski definition) is 3. The van der Waals surface area contributed by atoms with Crippen molar-refractivity contribution in [3.63, 3.8) is 0 Å². The number of rotatable bonds is 1. The third-order valence-electron chi connectivity index (χ3n) is 2.61. The maximum atomic E-state index is 11.6. The highest BCUT2D eigenvalue weighted by molar-refractivity contribution is 5.25. The predicted octanol–water partition coefficient (Wildman–Crippen LogP) is -0.140. The summed E-state index contributed by atoms with van der Waals surface area (Å²) in [7, 11) is 0. The predicted molar refractivity (Wildman–Crippen MR) is 54.1 cm³/mol. The fourth-order valence-corrected chi connectivity index (χ4v) is 1.95. The Morgan fingerprint density at radius 3 is 2.93 bits per heavy atom. The molecule has 0 aliphatic carbocycles. The van der Waals surface area contributed by atoms with Gasteiger partial charge in [0.1, 0.15) is 0 Å². The molecule has 0 unspecified atom stereocenters. The molecular weight excluding hydrogens is 180 g/mol. The maximum absolute atomic E-state index is 11.6. The van der Waals surface area contributed by atoms with E-state index in [1.807, 2.05) is 18.5 Å². The van der Waals surface area contributed by atoms with E-state index in [4.69, 9.17) is 5.73 Å². The minimum Gasteiger partial charge on any atom is -0.323 e. The SMILES string of the molecule is CC(C)n1[nH]c(=O)c2c1CNC[C@H]2N. The van der Waals surface area contributed by atoms with Crippen molar-refractivity contribution >= 4 is 0 Å². The Morgan fingerprint density at radius 1 is 1.57 bits per heavy atom. The summed E-state index contributed by atoms with van der Waals surface area (Å²) >= 11 is 0. The molecule has 0 radical (unpaired) electrons. The Balaban J connectivity index is 2.58. The first-order chi connectivity index (χ1) is 6.61. The van der Waals surface area contributed by atoms with Crippen LogP contribution in [0.25, 0.3) is 0 Å². The van der Waals surface area contributed by atoms with Gasteiger partial charge >= 0.3 is 0 Å². The van der Waals surface area contributed by atoms with Gasteiger partial charge in [0.15, 0.2) is 0 Å². The molecule has 0 spiro atoms. The summed E-state index contributed by atoms with van der Waals surface area (Å²) in [6.45, 7) is 5.48. The lowest BCUT2D eigenvalue weighted by molar-refractivity contribution is 0.469. The summed E-state index contributed by atoms with van der Waals surface area (Å²) in [5.74, 6) is 0. The highest BCUT2D eigenvalue weighted by Crippen LogP contribution is 2.18. The fourth-order valence-electron chi connectivity index (χ4n) is 1.95. The summed E-state index contributed by atoms with van der Waals surface area (Å²) in [5.41, 5.74) is 7.58. The second-order valence-electron chi connectivity index (χ2n) is 4.00. The van der Waals surface area contributed by atoms with Crippen LogP contribution in [0.4, 0.5) is 0 Å². The smallest absolute Gasteiger partial charge is 0.269 e. The van der Waals surface area contributed by atoms with Crippen LogP contribution in [-0.4, -0.2) is 16.3 Å². The lowest BCUT2D eigenvalue weighted by Crippen LogP contribution is -2.35. The van der Waals surface area contributed by atoms with Gasteiger partial charge in [-0.15, -0.1) is 0 Å². The Morgan fingerprint density at radius 2 is 2.29 bits per heavy atom. The van der Waals surface area contributed by atoms with Crippen LogP contribution in [0.1, 0.15) is 37.2 Å². The Labute approximate surface area is 82.3 Å². The summed E-state index contributed by atoms with van der Waals surface area (Å²) in [6, 6.07) is 0.0843. The standard InChI is InChI=1S/C9H16N4O/c1-5(2)13-7-4-11-3-6(10)8(7)9(14)12-13/h5-6,11H,3-4,10H2,1-2H3,(H,12,14)/t6-/m1/s1. The molecule has 2 rings (SSSR count). The van der Waals surface area contributed by atoms with Gasteiger partial charge in [0.05, 0.1) is 11.3 Å². The molecular formula is C9H16N4O. The van der Waals surface area contributed by atoms with E-state index < -0.39 is 0 Å². The van der Waals surface area contributed by atoms with Gasteiger partial charge in [0.2, 0.25) is 0 Å². The van der Waals surface area contributed by atoms with Crippen molar-refractivity contribution in [3.8, 4) is 0 Å². The number of aromatic amines is 1. The van der Waals surface area contributed by atoms with E-state index in [2.05, 4.69) is 10.4 Å². The van der Waals surface area contributed by atoms with Gasteiger partial charge in [-0.2, -0.15) is 0 Å². The molecule has 78 valence electrons. The normalized spacial score (nSPS) is 21.3. The topological polar surface area (TPSA) is 75.8 Å². The molecule has 0 aromatic carbocycles. The molecule has 0 saturated heterocycles. The highest BCUT2D eigenvalue weighted by Gasteiger charge is 2.24. The molecule has 1 aliphatic heterocycles. The van der Waals surface area contributed by atoms with Crippen molar-refractivity contribution in [2.75, 3.05) is 6.54 Å². The van der Waals surface area contributed by atoms with E-state index >= 15 is 0 Å². The summed E-state index contributed by atoms with van der Waals surface area (Å²) < 4.78 is 1.89. The second kappa shape index (κ2) is 3.25. The van der Waals surface area contributed by atoms with Crippen LogP contribution < -0.4 is 16.6 Å². The molecule has 1 atom stereocenters. The number of aromatic nitrogens is 2. The van der Waals surface area contributed by atoms with Gasteiger partial charge in [-0.25, -0.2) is 0 Å². The molecule has 0 amide bonds. The van der Waals surface area contributed by atoms with Crippen molar-refractivity contribution in [3.05, 3.63) is 21.6 Å². The molecule has 5 nitrogen and oxygen atoms in total. The zero-order chi connectivity index (χ0) is 10.3. The zero-order valence-corrected chi connectivity index (χ0v) is 8.50. The van der Waals surface area contributed by atoms with Gasteiger partial charge in [-0.3, -0.25) is 14.6 Å². The largest absolute Gasteiger partial charge is 0.323 e. The van der Waals surface area contributed by atoms with Crippen molar-refractivity contribution in [1.29, 1.82) is 0 Å². The van der Waals surface area contributed by atoms with Crippen LogP contribution >= 0.6 is 0 Å². The second-order valence-corrected chi connectivity index (χ2v) is 4.00. The summed E-state index contributed by atoms with van der Waals surface area (Å²) in [4.78, 5) is 11.6. The molecule has 0 saturated carbocycles. The summed E-state index contributed by atoms with van der Waals surface area (Å²) in [6.07, 6.45) is 0. The number of hydrogen-bond donors (Lipinski definition) is 3. The van der Waals surface area contributed by atoms with Crippen LogP contribution in [0.2, 0.25) is 0 Å². The van der Waals surface area contributed by atoms with E-state index in [-0.39, 0.29) is 17.6 Å². The molecule has 1 aromatic heterocycles. The van der Waals surface area contributed by atoms with E-state index in [0.29, 0.717) is 6.54 Å². The maximum Gasteiger partial charge on any atom is 0.269 e. The van der Waals surface area contributed by atoms with Crippen molar-refractivity contribution in [2.45, 2.75) is 32.5 Å². The Kier molecular flexibility index (Phi) is 2.20. The number of H-pyrrole nitrogens is 1. The van der Waals surface area contributed by atoms with E-state index in [1.54, 1.807) is 0 Å². The molecule has 5 heteroatoms. The van der Waals surface area contributed by atoms with Crippen molar-refractivity contribution < 1.29 is 0 Å². The molecule has 0 fully saturated rings. The van der Waals surface area contributed by atoms with Crippen LogP contribution in [0.3, 0.4) is 0 Å². The number of nitrogens with two attached hydrogens (primary N) is 1. The van der Waals surface area contributed by atoms with E-state index in [9.17, 15) is 4.79 Å². The van der Waals surface area contributed by atoms with Crippen LogP contribution in [0.5, 0.6) is 0 Å². The van der Waals surface area contributed by atoms with Crippen molar-refractivity contribution in [1.82, 2.24) is 15.1 Å². The van der Waals surface area contributed by atoms with Crippen molar-refractivity contribution in [2.24, 2.45) is 5.73 Å². The number of fused-ring (bicyclic) bond motifs is 1. The van der Waals surface area contributed by atoms with Crippen LogP contribution in [0, 0.1) is 0 Å². The van der Waals surface area contributed by atoms with Gasteiger partial charge in [0.25, 0.3) is 5.56 Å². The van der Waals surface area contributed by atoms with Crippen LogP contribution in [-0.2, 0) is 6.54 Å². The Bertz CT molecular complexity index is 390. The Hall–Kier alpha value is -1.07. The first kappa shape index (κ1) is 9.48. The van der Waals surface area contributed by atoms with E-state index in [1.165, 1.54) is 0 Å². The van der Waals surface area contributed by atoms with E-state index in [0.717, 1.165) is 17.8 Å². The molecule has 1 aliphatic rings. The third-order valence-corrected chi connectivity index (χ3v) is 2.61. The monoisotopic (exact) mass is 196 g/mol. The molecule has 14 heavy (non-hydrogen) atoms. The lowest BCUT2D eigenvalue weighted by Gasteiger charge is -2.21. The average molecular weight is 196 g/mol. The highest BCUT2D eigenvalue weighted by atomic mass is 16.1. The van der Waals surface area contributed by atoms with Gasteiger partial charge in [-0.1, -0.05) is 0 Å². The molecule has 2 heterocycles. The first-order valence-electron chi connectivity index (χ1n) is 4.91. The summed E-state index contributed by atoms with van der Waals surface area (Å²) in [5, 5.41) is 6.02. The van der Waals surface area contributed by atoms with Crippen LogP contribution in [0.15, 0.2) is 4.79 Å². The fraction of sp³-hybridized carbons (Fsp3) is 0.667. The van der Waals surface area contributed by atoms with Gasteiger partial charge < -0.3 is 11.1 Å². The minimum atomic E-state index is -0.178. The molecule has 4 N–H and O–H groups in total. The number of nitrogens with zero attached hydrogens (tertiary/aromatic N) is 1. The lowest BCUT2D eigenvalue weighted by atomic mass is 10.0. The van der Waals surface area contributed by atoms with Gasteiger partial charge in [0, 0.05) is 25.2 Å². The number of nitrogens with one attached hydrogen (secondary N) is 2. The first-order valence-corrected chi connectivity index (χ1v) is 4.91. The average Bonchev–Trinajstić information content (AvgIpc) is 2.45. The van der Waals surface area contributed by atoms with Gasteiger partial charge in [-0.05, 0) is 13.8 Å². The molecule has 1 aromatic rings. The minimum absolute atomic E-state index is 0.0392. The third kappa shape index (κ3) is 1.29. The zero-order valence-electron chi connectivity index (χ0n) is 8.50. The quantitative estimate of drug-likeness (QED) is 0.585.